The van der Waals surface area contributed by atoms with Crippen LogP contribution in [0.3, 0.4) is 0 Å². The first-order valence-corrected chi connectivity index (χ1v) is 12.9. The van der Waals surface area contributed by atoms with Gasteiger partial charge in [-0.15, -0.1) is 0 Å². The van der Waals surface area contributed by atoms with E-state index in [0.717, 1.165) is 12.1 Å². The van der Waals surface area contributed by atoms with Crippen molar-refractivity contribution in [1.82, 2.24) is 10.4 Å². The molecule has 8 heteroatoms. The summed E-state index contributed by atoms with van der Waals surface area (Å²) in [6.07, 6.45) is 1.69. The van der Waals surface area contributed by atoms with Gasteiger partial charge in [-0.25, -0.2) is 5.48 Å². The second-order valence-electron chi connectivity index (χ2n) is 9.53. The third-order valence-electron chi connectivity index (χ3n) is 6.36. The minimum atomic E-state index is -0.177. The molecular weight excluding hydrogens is 480 g/mol. The van der Waals surface area contributed by atoms with Crippen LogP contribution in [0.25, 0.3) is 0 Å². The molecule has 38 heavy (non-hydrogen) atoms. The fourth-order valence-corrected chi connectivity index (χ4v) is 4.39. The highest BCUT2D eigenvalue weighted by molar-refractivity contribution is 6.31. The lowest BCUT2D eigenvalue weighted by molar-refractivity contribution is -0.134. The van der Waals surface area contributed by atoms with E-state index in [1.807, 2.05) is 61.5 Å². The summed E-state index contributed by atoms with van der Waals surface area (Å²) in [5.74, 6) is -0.494. The molecule has 0 fully saturated rings. The highest BCUT2D eigenvalue weighted by atomic mass is 16.6. The quantitative estimate of drug-likeness (QED) is 0.181. The SMILES string of the molecule is CN(C)CCNc1ccc(NCCCCC(=O)NOCc2ccccc2)c2c1C(=O)c1ccccc1C2=O. The van der Waals surface area contributed by atoms with Crippen LogP contribution in [-0.4, -0.2) is 56.1 Å². The normalized spacial score (nSPS) is 12.2. The number of amides is 1. The highest BCUT2D eigenvalue weighted by Gasteiger charge is 2.33. The Balaban J connectivity index is 1.36. The van der Waals surface area contributed by atoms with Gasteiger partial charge in [-0.2, -0.15) is 0 Å². The molecule has 0 bridgehead atoms. The first-order chi connectivity index (χ1) is 18.5. The molecule has 198 valence electrons. The zero-order valence-corrected chi connectivity index (χ0v) is 21.9. The lowest BCUT2D eigenvalue weighted by Gasteiger charge is -2.24. The van der Waals surface area contributed by atoms with Crippen LogP contribution in [0.15, 0.2) is 66.7 Å². The number of nitrogens with zero attached hydrogens (tertiary/aromatic N) is 1. The van der Waals surface area contributed by atoms with Crippen LogP contribution in [-0.2, 0) is 16.2 Å². The summed E-state index contributed by atoms with van der Waals surface area (Å²) in [6, 6.07) is 20.3. The predicted octanol–water partition coefficient (Wildman–Crippen LogP) is 4.27. The number of carbonyl (C=O) groups excluding carboxylic acids is 3. The van der Waals surface area contributed by atoms with E-state index in [9.17, 15) is 14.4 Å². The van der Waals surface area contributed by atoms with E-state index in [1.165, 1.54) is 0 Å². The van der Waals surface area contributed by atoms with Crippen molar-refractivity contribution in [3.63, 3.8) is 0 Å². The van der Waals surface area contributed by atoms with Crippen molar-refractivity contribution < 1.29 is 19.2 Å². The number of nitrogens with one attached hydrogen (secondary N) is 3. The molecule has 0 aliphatic heterocycles. The van der Waals surface area contributed by atoms with Gasteiger partial charge in [0, 0.05) is 48.6 Å². The average Bonchev–Trinajstić information content (AvgIpc) is 2.92. The molecule has 1 aliphatic carbocycles. The van der Waals surface area contributed by atoms with Gasteiger partial charge in [0.25, 0.3) is 0 Å². The summed E-state index contributed by atoms with van der Waals surface area (Å²) in [5.41, 5.74) is 6.41. The maximum absolute atomic E-state index is 13.5. The van der Waals surface area contributed by atoms with Crippen LogP contribution in [0.1, 0.15) is 56.7 Å². The Morgan fingerprint density at radius 2 is 1.34 bits per heavy atom. The molecule has 0 aromatic heterocycles. The van der Waals surface area contributed by atoms with Crippen molar-refractivity contribution >= 4 is 28.8 Å². The molecular formula is C30H34N4O4. The highest BCUT2D eigenvalue weighted by Crippen LogP contribution is 2.36. The smallest absolute Gasteiger partial charge is 0.243 e. The Morgan fingerprint density at radius 3 is 1.95 bits per heavy atom. The largest absolute Gasteiger partial charge is 0.384 e. The number of benzene rings is 3. The molecule has 1 aliphatic rings. The fourth-order valence-electron chi connectivity index (χ4n) is 4.39. The van der Waals surface area contributed by atoms with E-state index in [2.05, 4.69) is 16.1 Å². The van der Waals surface area contributed by atoms with Crippen LogP contribution in [0.2, 0.25) is 0 Å². The van der Waals surface area contributed by atoms with Crippen LogP contribution in [0.4, 0.5) is 11.4 Å². The molecule has 8 nitrogen and oxygen atoms in total. The molecule has 0 atom stereocenters. The molecule has 0 spiro atoms. The second kappa shape index (κ2) is 13.0. The summed E-state index contributed by atoms with van der Waals surface area (Å²) in [5, 5.41) is 6.65. The van der Waals surface area contributed by atoms with Crippen molar-refractivity contribution in [3.8, 4) is 0 Å². The Hall–Kier alpha value is -4.01. The number of hydrogen-bond acceptors (Lipinski definition) is 7. The van der Waals surface area contributed by atoms with Crippen molar-refractivity contribution in [2.75, 3.05) is 44.4 Å². The van der Waals surface area contributed by atoms with Gasteiger partial charge in [0.2, 0.25) is 5.91 Å². The van der Waals surface area contributed by atoms with Gasteiger partial charge < -0.3 is 15.5 Å². The summed E-state index contributed by atoms with van der Waals surface area (Å²) in [4.78, 5) is 46.4. The summed E-state index contributed by atoms with van der Waals surface area (Å²) < 4.78 is 0. The Bertz CT molecular complexity index is 1290. The van der Waals surface area contributed by atoms with Crippen LogP contribution < -0.4 is 16.1 Å². The fraction of sp³-hybridized carbons (Fsp3) is 0.300. The van der Waals surface area contributed by atoms with E-state index in [-0.39, 0.29) is 17.5 Å². The minimum Gasteiger partial charge on any atom is -0.384 e. The molecule has 3 N–H and O–H groups in total. The second-order valence-corrected chi connectivity index (χ2v) is 9.53. The molecule has 4 rings (SSSR count). The molecule has 0 saturated carbocycles. The van der Waals surface area contributed by atoms with E-state index >= 15 is 0 Å². The summed E-state index contributed by atoms with van der Waals surface area (Å²) >= 11 is 0. The topological polar surface area (TPSA) is 99.8 Å². The molecule has 0 heterocycles. The molecule has 3 aromatic carbocycles. The molecule has 3 aromatic rings. The van der Waals surface area contributed by atoms with Crippen LogP contribution >= 0.6 is 0 Å². The van der Waals surface area contributed by atoms with Crippen LogP contribution in [0.5, 0.6) is 0 Å². The van der Waals surface area contributed by atoms with Gasteiger partial charge in [0.05, 0.1) is 17.7 Å². The summed E-state index contributed by atoms with van der Waals surface area (Å²) in [6.45, 7) is 2.31. The summed E-state index contributed by atoms with van der Waals surface area (Å²) in [7, 11) is 3.97. The lowest BCUT2D eigenvalue weighted by atomic mass is 9.82. The minimum absolute atomic E-state index is 0.154. The number of rotatable bonds is 13. The van der Waals surface area contributed by atoms with Gasteiger partial charge in [0.1, 0.15) is 0 Å². The number of ketones is 2. The number of fused-ring (bicyclic) bond motifs is 2. The van der Waals surface area contributed by atoms with Gasteiger partial charge in [-0.05, 0) is 44.6 Å². The van der Waals surface area contributed by atoms with E-state index in [4.69, 9.17) is 4.84 Å². The first kappa shape index (κ1) is 27.0. The van der Waals surface area contributed by atoms with Gasteiger partial charge >= 0.3 is 0 Å². The molecule has 1 amide bonds. The Kier molecular flexibility index (Phi) is 9.24. The number of likely N-dealkylation sites (N-methyl/N-ethyl adjacent to an activating group) is 1. The van der Waals surface area contributed by atoms with Gasteiger partial charge in [-0.3, -0.25) is 19.2 Å². The predicted molar refractivity (Wildman–Crippen MR) is 149 cm³/mol. The van der Waals surface area contributed by atoms with Crippen LogP contribution in [0, 0.1) is 0 Å². The van der Waals surface area contributed by atoms with Gasteiger partial charge in [0.15, 0.2) is 11.6 Å². The standard InChI is InChI=1S/C30H34N4O4/c1-34(2)19-18-32-25-16-15-24(27-28(25)30(37)23-13-7-6-12-22(23)29(27)36)31-17-9-8-14-26(35)33-38-20-21-10-4-3-5-11-21/h3-7,10-13,15-16,31-32H,8-9,14,17-20H2,1-2H3,(H,33,35). The number of hydrogen-bond donors (Lipinski definition) is 3. The maximum Gasteiger partial charge on any atom is 0.243 e. The Morgan fingerprint density at radius 1 is 0.763 bits per heavy atom. The maximum atomic E-state index is 13.5. The number of carbonyl (C=O) groups is 3. The average molecular weight is 515 g/mol. The van der Waals surface area contributed by atoms with Crippen molar-refractivity contribution in [3.05, 3.63) is 94.5 Å². The lowest BCUT2D eigenvalue weighted by Crippen LogP contribution is -2.26. The zero-order valence-electron chi connectivity index (χ0n) is 21.9. The van der Waals surface area contributed by atoms with Crippen molar-refractivity contribution in [2.45, 2.75) is 25.9 Å². The van der Waals surface area contributed by atoms with E-state index in [0.29, 0.717) is 72.6 Å². The van der Waals surface area contributed by atoms with E-state index < -0.39 is 0 Å². The first-order valence-electron chi connectivity index (χ1n) is 12.9. The Labute approximate surface area is 223 Å². The number of anilines is 2. The zero-order chi connectivity index (χ0) is 26.9. The third-order valence-corrected chi connectivity index (χ3v) is 6.36. The number of hydroxylamine groups is 1. The van der Waals surface area contributed by atoms with E-state index in [1.54, 1.807) is 24.3 Å². The van der Waals surface area contributed by atoms with Gasteiger partial charge in [-0.1, -0.05) is 54.6 Å². The molecule has 0 saturated heterocycles. The van der Waals surface area contributed by atoms with Crippen molar-refractivity contribution in [1.29, 1.82) is 0 Å². The monoisotopic (exact) mass is 514 g/mol. The third kappa shape index (κ3) is 6.65. The number of unbranched alkanes of at least 4 members (excludes halogenated alkanes) is 1. The van der Waals surface area contributed by atoms with Crippen molar-refractivity contribution in [2.24, 2.45) is 0 Å². The molecule has 0 radical (unpaired) electrons. The molecule has 0 unspecified atom stereocenters.